The lowest BCUT2D eigenvalue weighted by Gasteiger charge is -2.59. The van der Waals surface area contributed by atoms with Crippen LogP contribution in [0.2, 0.25) is 0 Å². The molecule has 1 aliphatic heterocycles. The van der Waals surface area contributed by atoms with Crippen LogP contribution in [0.1, 0.15) is 57.9 Å². The van der Waals surface area contributed by atoms with Crippen molar-refractivity contribution in [2.24, 2.45) is 10.8 Å². The molecule has 1 saturated heterocycles. The molecule has 1 atom stereocenters. The number of hydrogen-bond acceptors (Lipinski definition) is 2. The Hall–Kier alpha value is -1.55. The second kappa shape index (κ2) is 4.97. The molecule has 1 saturated carbocycles. The van der Waals surface area contributed by atoms with E-state index in [0.717, 1.165) is 5.52 Å². The molecule has 2 aliphatic rings. The maximum absolute atomic E-state index is 11.7. The van der Waals surface area contributed by atoms with E-state index < -0.39 is 0 Å². The third kappa shape index (κ3) is 2.35. The monoisotopic (exact) mass is 313 g/mol. The Bertz CT molecular complexity index is 772. The molecule has 2 aromatic heterocycles. The van der Waals surface area contributed by atoms with Crippen molar-refractivity contribution in [3.8, 4) is 0 Å². The third-order valence-corrected chi connectivity index (χ3v) is 6.14. The minimum Gasteiger partial charge on any atom is -0.312 e. The van der Waals surface area contributed by atoms with Gasteiger partial charge in [0.15, 0.2) is 5.43 Å². The number of aromatic amines is 1. The van der Waals surface area contributed by atoms with Crippen molar-refractivity contribution in [1.29, 1.82) is 0 Å². The molecule has 4 nitrogen and oxygen atoms in total. The Labute approximate surface area is 137 Å². The average molecular weight is 313 g/mol. The van der Waals surface area contributed by atoms with E-state index in [1.807, 2.05) is 10.7 Å². The Morgan fingerprint density at radius 3 is 2.61 bits per heavy atom. The lowest BCUT2D eigenvalue weighted by molar-refractivity contribution is -0.0273. The molecular formula is C19H27N3O. The van der Waals surface area contributed by atoms with Crippen LogP contribution in [0.25, 0.3) is 5.52 Å². The largest absolute Gasteiger partial charge is 0.312 e. The lowest BCUT2D eigenvalue weighted by atomic mass is 9.56. The summed E-state index contributed by atoms with van der Waals surface area (Å²) in [7, 11) is 0. The molecule has 1 aliphatic carbocycles. The maximum atomic E-state index is 11.7. The van der Waals surface area contributed by atoms with Gasteiger partial charge in [0, 0.05) is 37.1 Å². The third-order valence-electron chi connectivity index (χ3n) is 6.14. The number of H-pyrrole nitrogens is 1. The molecule has 4 heteroatoms. The minimum atomic E-state index is 0.0918. The summed E-state index contributed by atoms with van der Waals surface area (Å²) in [6.45, 7) is 8.23. The van der Waals surface area contributed by atoms with Gasteiger partial charge in [0.25, 0.3) is 0 Å². The summed E-state index contributed by atoms with van der Waals surface area (Å²) in [5, 5.41) is 6.94. The molecule has 0 amide bonds. The topological polar surface area (TPSA) is 49.3 Å². The van der Waals surface area contributed by atoms with Crippen molar-refractivity contribution < 1.29 is 0 Å². The van der Waals surface area contributed by atoms with E-state index in [0.29, 0.717) is 22.8 Å². The first-order valence-electron chi connectivity index (χ1n) is 8.82. The highest BCUT2D eigenvalue weighted by molar-refractivity contribution is 5.55. The van der Waals surface area contributed by atoms with Crippen LogP contribution in [0.3, 0.4) is 0 Å². The van der Waals surface area contributed by atoms with Crippen LogP contribution in [0, 0.1) is 10.8 Å². The van der Waals surface area contributed by atoms with Crippen molar-refractivity contribution in [3.05, 3.63) is 40.3 Å². The van der Waals surface area contributed by atoms with E-state index in [4.69, 9.17) is 0 Å². The molecule has 1 spiro atoms. The highest BCUT2D eigenvalue weighted by Gasteiger charge is 2.52. The van der Waals surface area contributed by atoms with Gasteiger partial charge >= 0.3 is 0 Å². The minimum absolute atomic E-state index is 0.0918. The zero-order chi connectivity index (χ0) is 16.2. The summed E-state index contributed by atoms with van der Waals surface area (Å²) in [5.74, 6) is 0.574. The summed E-state index contributed by atoms with van der Waals surface area (Å²) < 4.78 is 1.96. The molecule has 23 heavy (non-hydrogen) atoms. The number of rotatable bonds is 1. The maximum Gasteiger partial charge on any atom is 0.182 e. The van der Waals surface area contributed by atoms with Crippen molar-refractivity contribution in [1.82, 2.24) is 14.9 Å². The van der Waals surface area contributed by atoms with E-state index >= 15 is 0 Å². The van der Waals surface area contributed by atoms with Gasteiger partial charge in [-0.2, -0.15) is 0 Å². The number of nitrogens with zero attached hydrogens (tertiary/aromatic N) is 1. The zero-order valence-electron chi connectivity index (χ0n) is 14.4. The summed E-state index contributed by atoms with van der Waals surface area (Å²) in [6.07, 6.45) is 8.96. The van der Waals surface area contributed by atoms with E-state index in [1.54, 1.807) is 12.1 Å². The van der Waals surface area contributed by atoms with Crippen LogP contribution in [0.5, 0.6) is 0 Å². The number of nitrogens with one attached hydrogen (secondary N) is 2. The van der Waals surface area contributed by atoms with Gasteiger partial charge in [0.05, 0.1) is 5.52 Å². The van der Waals surface area contributed by atoms with Gasteiger partial charge < -0.3 is 10.4 Å². The first-order valence-corrected chi connectivity index (χ1v) is 8.82. The highest BCUT2D eigenvalue weighted by Crippen LogP contribution is 2.52. The van der Waals surface area contributed by atoms with Gasteiger partial charge in [-0.25, -0.2) is 0 Å². The SMILES string of the molecule is CC(C)(C)C1NCC12CCC(c1c[nH]n3ccc(=O)cc13)CC2. The fourth-order valence-electron chi connectivity index (χ4n) is 5.04. The zero-order valence-corrected chi connectivity index (χ0v) is 14.4. The molecule has 1 unspecified atom stereocenters. The van der Waals surface area contributed by atoms with Crippen molar-refractivity contribution >= 4 is 5.52 Å². The quantitative estimate of drug-likeness (QED) is 0.849. The summed E-state index contributed by atoms with van der Waals surface area (Å²) >= 11 is 0. The van der Waals surface area contributed by atoms with E-state index in [1.165, 1.54) is 37.8 Å². The van der Waals surface area contributed by atoms with Gasteiger partial charge in [0.1, 0.15) is 0 Å². The van der Waals surface area contributed by atoms with Crippen molar-refractivity contribution in [3.63, 3.8) is 0 Å². The van der Waals surface area contributed by atoms with Crippen LogP contribution in [-0.4, -0.2) is 22.2 Å². The Morgan fingerprint density at radius 2 is 2.00 bits per heavy atom. The van der Waals surface area contributed by atoms with Gasteiger partial charge in [-0.05, 0) is 48.0 Å². The van der Waals surface area contributed by atoms with Crippen LogP contribution in [-0.2, 0) is 0 Å². The van der Waals surface area contributed by atoms with Crippen LogP contribution in [0.4, 0.5) is 0 Å². The second-order valence-electron chi connectivity index (χ2n) is 8.66. The molecule has 0 bridgehead atoms. The lowest BCUT2D eigenvalue weighted by Crippen LogP contribution is -2.68. The summed E-state index contributed by atoms with van der Waals surface area (Å²) in [6, 6.07) is 4.01. The number of aromatic nitrogens is 2. The predicted molar refractivity (Wildman–Crippen MR) is 92.9 cm³/mol. The van der Waals surface area contributed by atoms with Gasteiger partial charge in [0.2, 0.25) is 0 Å². The number of hydrogen-bond donors (Lipinski definition) is 2. The second-order valence-corrected chi connectivity index (χ2v) is 8.66. The highest BCUT2D eigenvalue weighted by atomic mass is 16.1. The smallest absolute Gasteiger partial charge is 0.182 e. The molecule has 2 fully saturated rings. The van der Waals surface area contributed by atoms with E-state index in [2.05, 4.69) is 37.4 Å². The fraction of sp³-hybridized carbons (Fsp3) is 0.632. The Kier molecular flexibility index (Phi) is 3.24. The molecule has 2 aromatic rings. The summed E-state index contributed by atoms with van der Waals surface area (Å²) in [4.78, 5) is 11.7. The summed E-state index contributed by atoms with van der Waals surface area (Å²) in [5.41, 5.74) is 3.29. The molecule has 124 valence electrons. The van der Waals surface area contributed by atoms with Crippen molar-refractivity contribution in [2.45, 2.75) is 58.4 Å². The van der Waals surface area contributed by atoms with Crippen LogP contribution < -0.4 is 10.7 Å². The molecular weight excluding hydrogens is 286 g/mol. The van der Waals surface area contributed by atoms with Crippen LogP contribution in [0.15, 0.2) is 29.3 Å². The fourth-order valence-corrected chi connectivity index (χ4v) is 5.04. The molecule has 4 rings (SSSR count). The molecule has 0 radical (unpaired) electrons. The number of pyridine rings is 1. The van der Waals surface area contributed by atoms with Gasteiger partial charge in [-0.3, -0.25) is 9.31 Å². The van der Waals surface area contributed by atoms with Crippen LogP contribution >= 0.6 is 0 Å². The average Bonchev–Trinajstić information content (AvgIpc) is 2.87. The van der Waals surface area contributed by atoms with E-state index in [9.17, 15) is 4.79 Å². The first-order chi connectivity index (χ1) is 10.9. The van der Waals surface area contributed by atoms with Gasteiger partial charge in [-0.1, -0.05) is 20.8 Å². The number of fused-ring (bicyclic) bond motifs is 1. The standard InChI is InChI=1S/C19H27N3O/c1-18(2,3)17-19(12-20-17)7-4-13(5-8-19)15-11-21-22-9-6-14(23)10-16(15)22/h6,9-11,13,17,20-21H,4-5,7-8,12H2,1-3H3. The van der Waals surface area contributed by atoms with Crippen molar-refractivity contribution in [2.75, 3.05) is 6.54 Å². The van der Waals surface area contributed by atoms with Gasteiger partial charge in [-0.15, -0.1) is 0 Å². The van der Waals surface area contributed by atoms with E-state index in [-0.39, 0.29) is 5.43 Å². The Balaban J connectivity index is 1.56. The molecule has 3 heterocycles. The molecule has 2 N–H and O–H groups in total. The first kappa shape index (κ1) is 15.0. The molecule has 0 aromatic carbocycles. The normalized spacial score (nSPS) is 31.4. The Morgan fingerprint density at radius 1 is 1.26 bits per heavy atom. The predicted octanol–water partition coefficient (Wildman–Crippen LogP) is 3.29.